The molecule has 2 N–H and O–H groups in total. The van der Waals surface area contributed by atoms with Crippen LogP contribution in [0.3, 0.4) is 0 Å². The van der Waals surface area contributed by atoms with Gasteiger partial charge in [-0.3, -0.25) is 9.89 Å². The second-order valence-electron chi connectivity index (χ2n) is 5.71. The summed E-state index contributed by atoms with van der Waals surface area (Å²) in [5.74, 6) is 0.423. The quantitative estimate of drug-likeness (QED) is 0.749. The molecular formula is C15H29N3O. The van der Waals surface area contributed by atoms with E-state index in [0.29, 0.717) is 12.0 Å². The van der Waals surface area contributed by atoms with E-state index in [-0.39, 0.29) is 0 Å². The van der Waals surface area contributed by atoms with Crippen molar-refractivity contribution in [2.45, 2.75) is 40.2 Å². The Morgan fingerprint density at radius 3 is 2.42 bits per heavy atom. The van der Waals surface area contributed by atoms with Gasteiger partial charge in [-0.1, -0.05) is 13.8 Å². The van der Waals surface area contributed by atoms with E-state index in [4.69, 9.17) is 10.5 Å². The fraction of sp³-hybridized carbons (Fsp3) is 0.800. The number of rotatable bonds is 6. The summed E-state index contributed by atoms with van der Waals surface area (Å²) < 4.78 is 5.35. The van der Waals surface area contributed by atoms with Gasteiger partial charge in [-0.25, -0.2) is 0 Å². The molecule has 1 saturated heterocycles. The molecule has 0 aromatic carbocycles. The lowest BCUT2D eigenvalue weighted by Gasteiger charge is -2.26. The van der Waals surface area contributed by atoms with Gasteiger partial charge in [0.25, 0.3) is 0 Å². The van der Waals surface area contributed by atoms with Gasteiger partial charge in [0.15, 0.2) is 0 Å². The highest BCUT2D eigenvalue weighted by molar-refractivity contribution is 5.80. The Balaban J connectivity index is 2.57. The minimum atomic E-state index is 0.320. The van der Waals surface area contributed by atoms with Crippen LogP contribution in [-0.2, 0) is 4.74 Å². The van der Waals surface area contributed by atoms with Crippen LogP contribution in [0.5, 0.6) is 0 Å². The first-order chi connectivity index (χ1) is 9.00. The lowest BCUT2D eigenvalue weighted by Crippen LogP contribution is -2.37. The molecule has 1 aliphatic rings. The molecule has 0 amide bonds. The van der Waals surface area contributed by atoms with Gasteiger partial charge in [-0.2, -0.15) is 0 Å². The van der Waals surface area contributed by atoms with Gasteiger partial charge in [-0.15, -0.1) is 0 Å². The van der Waals surface area contributed by atoms with Crippen molar-refractivity contribution in [1.29, 1.82) is 0 Å². The SMILES string of the molecule is CC(C)N=CC(=C(N)CCN1CCOCC1)C(C)C. The van der Waals surface area contributed by atoms with Gasteiger partial charge in [0.1, 0.15) is 0 Å². The Morgan fingerprint density at radius 2 is 1.89 bits per heavy atom. The molecular weight excluding hydrogens is 238 g/mol. The zero-order valence-corrected chi connectivity index (χ0v) is 12.9. The predicted molar refractivity (Wildman–Crippen MR) is 81.6 cm³/mol. The summed E-state index contributed by atoms with van der Waals surface area (Å²) in [6, 6.07) is 0.320. The van der Waals surface area contributed by atoms with Gasteiger partial charge in [-0.05, 0) is 31.8 Å². The Bertz CT molecular complexity index is 315. The largest absolute Gasteiger partial charge is 0.402 e. The standard InChI is InChI=1S/C15H29N3O/c1-12(2)14(11-17-13(3)4)15(16)5-6-18-7-9-19-10-8-18/h11-13H,5-10,16H2,1-4H3. The van der Waals surface area contributed by atoms with Crippen molar-refractivity contribution in [2.24, 2.45) is 16.6 Å². The molecule has 4 nitrogen and oxygen atoms in total. The average molecular weight is 267 g/mol. The third-order valence-electron chi connectivity index (χ3n) is 3.31. The fourth-order valence-corrected chi connectivity index (χ4v) is 2.08. The van der Waals surface area contributed by atoms with Crippen LogP contribution in [0.4, 0.5) is 0 Å². The van der Waals surface area contributed by atoms with Gasteiger partial charge < -0.3 is 10.5 Å². The van der Waals surface area contributed by atoms with Crippen LogP contribution in [0.1, 0.15) is 34.1 Å². The number of allylic oxidation sites excluding steroid dienone is 1. The van der Waals surface area contributed by atoms with Crippen molar-refractivity contribution in [2.75, 3.05) is 32.8 Å². The van der Waals surface area contributed by atoms with E-state index in [1.807, 2.05) is 6.21 Å². The smallest absolute Gasteiger partial charge is 0.0594 e. The van der Waals surface area contributed by atoms with E-state index in [1.165, 1.54) is 5.57 Å². The average Bonchev–Trinajstić information content (AvgIpc) is 2.37. The molecule has 0 aliphatic carbocycles. The molecule has 0 radical (unpaired) electrons. The van der Waals surface area contributed by atoms with Crippen LogP contribution >= 0.6 is 0 Å². The van der Waals surface area contributed by atoms with Gasteiger partial charge in [0.05, 0.1) is 13.2 Å². The summed E-state index contributed by atoms with van der Waals surface area (Å²) in [6.45, 7) is 13.2. The van der Waals surface area contributed by atoms with Gasteiger partial charge in [0, 0.05) is 37.6 Å². The molecule has 1 heterocycles. The van der Waals surface area contributed by atoms with Crippen LogP contribution in [0.15, 0.2) is 16.3 Å². The van der Waals surface area contributed by atoms with Gasteiger partial charge in [0.2, 0.25) is 0 Å². The number of hydrogen-bond donors (Lipinski definition) is 1. The monoisotopic (exact) mass is 267 g/mol. The van der Waals surface area contributed by atoms with E-state index in [9.17, 15) is 0 Å². The Labute approximate surface area is 117 Å². The molecule has 1 rings (SSSR count). The van der Waals surface area contributed by atoms with Crippen LogP contribution in [-0.4, -0.2) is 50.0 Å². The molecule has 0 saturated carbocycles. The van der Waals surface area contributed by atoms with E-state index in [0.717, 1.165) is 45.0 Å². The molecule has 0 aromatic heterocycles. The molecule has 110 valence electrons. The molecule has 0 atom stereocenters. The summed E-state index contributed by atoms with van der Waals surface area (Å²) in [6.07, 6.45) is 2.88. The van der Waals surface area contributed by atoms with Crippen molar-refractivity contribution in [1.82, 2.24) is 4.90 Å². The maximum Gasteiger partial charge on any atom is 0.0594 e. The van der Waals surface area contributed by atoms with E-state index >= 15 is 0 Å². The number of hydrogen-bond acceptors (Lipinski definition) is 4. The minimum Gasteiger partial charge on any atom is -0.402 e. The number of ether oxygens (including phenoxy) is 1. The molecule has 1 fully saturated rings. The third kappa shape index (κ3) is 6.21. The highest BCUT2D eigenvalue weighted by Crippen LogP contribution is 2.13. The third-order valence-corrected chi connectivity index (χ3v) is 3.31. The summed E-state index contributed by atoms with van der Waals surface area (Å²) in [5, 5.41) is 0. The highest BCUT2D eigenvalue weighted by atomic mass is 16.5. The van der Waals surface area contributed by atoms with E-state index in [1.54, 1.807) is 0 Å². The summed E-state index contributed by atoms with van der Waals surface area (Å²) >= 11 is 0. The van der Waals surface area contributed by atoms with E-state index < -0.39 is 0 Å². The first-order valence-corrected chi connectivity index (χ1v) is 7.32. The first kappa shape index (κ1) is 16.2. The maximum atomic E-state index is 6.25. The molecule has 0 aromatic rings. The summed E-state index contributed by atoms with van der Waals surface area (Å²) in [4.78, 5) is 6.88. The highest BCUT2D eigenvalue weighted by Gasteiger charge is 2.12. The van der Waals surface area contributed by atoms with Crippen molar-refractivity contribution in [3.8, 4) is 0 Å². The molecule has 4 heteroatoms. The Hall–Kier alpha value is -0.870. The maximum absolute atomic E-state index is 6.25. The number of nitrogens with zero attached hydrogens (tertiary/aromatic N) is 2. The van der Waals surface area contributed by atoms with Crippen molar-refractivity contribution < 1.29 is 4.74 Å². The van der Waals surface area contributed by atoms with Crippen molar-refractivity contribution in [3.05, 3.63) is 11.3 Å². The molecule has 19 heavy (non-hydrogen) atoms. The second kappa shape index (κ2) is 8.33. The van der Waals surface area contributed by atoms with Crippen molar-refractivity contribution in [3.63, 3.8) is 0 Å². The molecule has 0 unspecified atom stereocenters. The molecule has 0 bridgehead atoms. The summed E-state index contributed by atoms with van der Waals surface area (Å²) in [7, 11) is 0. The van der Waals surface area contributed by atoms with Gasteiger partial charge >= 0.3 is 0 Å². The zero-order chi connectivity index (χ0) is 14.3. The number of aliphatic imine (C=N–C) groups is 1. The first-order valence-electron chi connectivity index (χ1n) is 7.32. The van der Waals surface area contributed by atoms with Crippen LogP contribution in [0.2, 0.25) is 0 Å². The van der Waals surface area contributed by atoms with Crippen LogP contribution < -0.4 is 5.73 Å². The van der Waals surface area contributed by atoms with Crippen LogP contribution in [0, 0.1) is 5.92 Å². The lowest BCUT2D eigenvalue weighted by molar-refractivity contribution is 0.0384. The molecule has 1 aliphatic heterocycles. The molecule has 0 spiro atoms. The van der Waals surface area contributed by atoms with Crippen molar-refractivity contribution >= 4 is 6.21 Å². The second-order valence-corrected chi connectivity index (χ2v) is 5.71. The number of nitrogens with two attached hydrogens (primary N) is 1. The Morgan fingerprint density at radius 1 is 1.26 bits per heavy atom. The minimum absolute atomic E-state index is 0.320. The fourth-order valence-electron chi connectivity index (χ4n) is 2.08. The van der Waals surface area contributed by atoms with E-state index in [2.05, 4.69) is 37.6 Å². The summed E-state index contributed by atoms with van der Waals surface area (Å²) in [5.41, 5.74) is 8.41. The normalized spacial score (nSPS) is 19.5. The zero-order valence-electron chi connectivity index (χ0n) is 12.9. The topological polar surface area (TPSA) is 50.8 Å². The predicted octanol–water partition coefficient (Wildman–Crippen LogP) is 2.06. The van der Waals surface area contributed by atoms with Crippen LogP contribution in [0.25, 0.3) is 0 Å². The Kier molecular flexibility index (Phi) is 7.10. The lowest BCUT2D eigenvalue weighted by atomic mass is 10.0. The number of morpholine rings is 1.